The highest BCUT2D eigenvalue weighted by Gasteiger charge is 2.36. The largest absolute Gasteiger partial charge is 0.481 e. The van der Waals surface area contributed by atoms with E-state index in [1.54, 1.807) is 4.90 Å². The van der Waals surface area contributed by atoms with Crippen LogP contribution >= 0.6 is 0 Å². The third-order valence-electron chi connectivity index (χ3n) is 3.84. The number of urea groups is 1. The number of likely N-dealkylation sites (tertiary alicyclic amines) is 1. The van der Waals surface area contributed by atoms with Crippen molar-refractivity contribution in [2.45, 2.75) is 51.4 Å². The van der Waals surface area contributed by atoms with Gasteiger partial charge in [-0.15, -0.1) is 0 Å². The van der Waals surface area contributed by atoms with Gasteiger partial charge in [0.05, 0.1) is 18.6 Å². The number of hydrogen-bond donors (Lipinski definition) is 2. The topological polar surface area (TPSA) is 78.9 Å². The van der Waals surface area contributed by atoms with Crippen LogP contribution in [0.2, 0.25) is 0 Å². The smallest absolute Gasteiger partial charge is 0.317 e. The van der Waals surface area contributed by atoms with Crippen molar-refractivity contribution < 1.29 is 19.4 Å². The summed E-state index contributed by atoms with van der Waals surface area (Å²) in [6.07, 6.45) is 2.29. The van der Waals surface area contributed by atoms with Crippen molar-refractivity contribution in [3.63, 3.8) is 0 Å². The lowest BCUT2D eigenvalue weighted by Crippen LogP contribution is -2.53. The maximum Gasteiger partial charge on any atom is 0.317 e. The first-order chi connectivity index (χ1) is 8.95. The summed E-state index contributed by atoms with van der Waals surface area (Å²) in [5, 5.41) is 11.7. The summed E-state index contributed by atoms with van der Waals surface area (Å²) in [6, 6.07) is -0.495. The second-order valence-electron chi connectivity index (χ2n) is 5.76. The van der Waals surface area contributed by atoms with Gasteiger partial charge in [-0.2, -0.15) is 0 Å². The molecule has 2 heterocycles. The molecule has 6 heteroatoms. The first-order valence-corrected chi connectivity index (χ1v) is 6.88. The maximum absolute atomic E-state index is 12.2. The van der Waals surface area contributed by atoms with Crippen LogP contribution in [0.1, 0.15) is 33.1 Å². The molecular weight excluding hydrogens is 248 g/mol. The molecule has 0 spiro atoms. The average molecular weight is 270 g/mol. The van der Waals surface area contributed by atoms with E-state index >= 15 is 0 Å². The van der Waals surface area contributed by atoms with E-state index in [0.29, 0.717) is 13.1 Å². The van der Waals surface area contributed by atoms with Gasteiger partial charge in [0.1, 0.15) is 0 Å². The summed E-state index contributed by atoms with van der Waals surface area (Å²) in [5.41, 5.74) is 0. The molecular formula is C13H22N2O4. The Morgan fingerprint density at radius 2 is 1.89 bits per heavy atom. The minimum atomic E-state index is -0.888. The number of fused-ring (bicyclic) bond motifs is 2. The quantitative estimate of drug-likeness (QED) is 0.800. The van der Waals surface area contributed by atoms with Crippen LogP contribution in [-0.4, -0.2) is 53.3 Å². The van der Waals surface area contributed by atoms with Gasteiger partial charge in [-0.25, -0.2) is 4.79 Å². The van der Waals surface area contributed by atoms with E-state index in [4.69, 9.17) is 9.84 Å². The minimum Gasteiger partial charge on any atom is -0.481 e. The van der Waals surface area contributed by atoms with Crippen molar-refractivity contribution in [1.82, 2.24) is 10.2 Å². The van der Waals surface area contributed by atoms with Gasteiger partial charge < -0.3 is 20.1 Å². The molecule has 2 N–H and O–H groups in total. The fourth-order valence-corrected chi connectivity index (χ4v) is 2.67. The summed E-state index contributed by atoms with van der Waals surface area (Å²) >= 11 is 0. The molecule has 0 radical (unpaired) electrons. The highest BCUT2D eigenvalue weighted by Crippen LogP contribution is 2.26. The zero-order valence-electron chi connectivity index (χ0n) is 11.5. The standard InChI is InChI=1S/C13H22N2O4/c1-8(2)11(5-12(16)17)14-13(18)15-6-9-3-4-10(7-15)19-9/h8-11H,3-7H2,1-2H3,(H,14,18)(H,16,17). The van der Waals surface area contributed by atoms with E-state index in [1.165, 1.54) is 0 Å². The highest BCUT2D eigenvalue weighted by molar-refractivity contribution is 5.76. The number of aliphatic carboxylic acids is 1. The van der Waals surface area contributed by atoms with Gasteiger partial charge >= 0.3 is 12.0 Å². The number of nitrogens with zero attached hydrogens (tertiary/aromatic N) is 1. The molecule has 2 aliphatic rings. The van der Waals surface area contributed by atoms with Gasteiger partial charge in [0.25, 0.3) is 0 Å². The molecule has 3 atom stereocenters. The van der Waals surface area contributed by atoms with E-state index in [-0.39, 0.29) is 36.6 Å². The van der Waals surface area contributed by atoms with Crippen LogP contribution < -0.4 is 5.32 Å². The Labute approximate surface area is 113 Å². The van der Waals surface area contributed by atoms with Gasteiger partial charge in [-0.1, -0.05) is 13.8 Å². The molecule has 0 aromatic rings. The minimum absolute atomic E-state index is 0.0411. The number of carbonyl (C=O) groups excluding carboxylic acids is 1. The normalized spacial score (nSPS) is 27.4. The Balaban J connectivity index is 1.90. The lowest BCUT2D eigenvalue weighted by Gasteiger charge is -2.33. The Kier molecular flexibility index (Phi) is 4.29. The van der Waals surface area contributed by atoms with Crippen molar-refractivity contribution in [3.05, 3.63) is 0 Å². The number of hydrogen-bond acceptors (Lipinski definition) is 3. The van der Waals surface area contributed by atoms with Crippen molar-refractivity contribution >= 4 is 12.0 Å². The van der Waals surface area contributed by atoms with E-state index < -0.39 is 5.97 Å². The molecule has 0 aromatic heterocycles. The molecule has 2 fully saturated rings. The highest BCUT2D eigenvalue weighted by atomic mass is 16.5. The SMILES string of the molecule is CC(C)C(CC(=O)O)NC(=O)N1CC2CCC(C1)O2. The summed E-state index contributed by atoms with van der Waals surface area (Å²) in [7, 11) is 0. The second kappa shape index (κ2) is 5.77. The van der Waals surface area contributed by atoms with Crippen LogP contribution in [0.3, 0.4) is 0 Å². The summed E-state index contributed by atoms with van der Waals surface area (Å²) in [6.45, 7) is 5.05. The Bertz CT molecular complexity index is 347. The molecule has 0 aliphatic carbocycles. The fourth-order valence-electron chi connectivity index (χ4n) is 2.67. The average Bonchev–Trinajstić information content (AvgIpc) is 2.66. The van der Waals surface area contributed by atoms with Crippen molar-refractivity contribution in [2.75, 3.05) is 13.1 Å². The Morgan fingerprint density at radius 3 is 2.37 bits per heavy atom. The molecule has 0 aromatic carbocycles. The van der Waals surface area contributed by atoms with Crippen LogP contribution in [0.4, 0.5) is 4.79 Å². The number of nitrogens with one attached hydrogen (secondary N) is 1. The van der Waals surface area contributed by atoms with Gasteiger partial charge in [0.15, 0.2) is 0 Å². The monoisotopic (exact) mass is 270 g/mol. The predicted octanol–water partition coefficient (Wildman–Crippen LogP) is 1.06. The van der Waals surface area contributed by atoms with E-state index in [1.807, 2.05) is 13.8 Å². The summed E-state index contributed by atoms with van der Waals surface area (Å²) in [4.78, 5) is 24.7. The molecule has 2 saturated heterocycles. The fraction of sp³-hybridized carbons (Fsp3) is 0.846. The molecule has 19 heavy (non-hydrogen) atoms. The van der Waals surface area contributed by atoms with Crippen LogP contribution in [-0.2, 0) is 9.53 Å². The summed E-state index contributed by atoms with van der Waals surface area (Å²) < 4.78 is 5.68. The zero-order valence-corrected chi connectivity index (χ0v) is 11.5. The Morgan fingerprint density at radius 1 is 1.32 bits per heavy atom. The van der Waals surface area contributed by atoms with Crippen LogP contribution in [0.5, 0.6) is 0 Å². The van der Waals surface area contributed by atoms with Crippen LogP contribution in [0, 0.1) is 5.92 Å². The number of carboxylic acids is 1. The lowest BCUT2D eigenvalue weighted by molar-refractivity contribution is -0.137. The molecule has 2 rings (SSSR count). The number of ether oxygens (including phenoxy) is 1. The first kappa shape index (κ1) is 14.1. The van der Waals surface area contributed by atoms with Gasteiger partial charge in [-0.3, -0.25) is 4.79 Å². The molecule has 2 bridgehead atoms. The lowest BCUT2D eigenvalue weighted by atomic mass is 10.0. The number of morpholine rings is 1. The Hall–Kier alpha value is -1.30. The van der Waals surface area contributed by atoms with Gasteiger partial charge in [-0.05, 0) is 18.8 Å². The molecule has 6 nitrogen and oxygen atoms in total. The van der Waals surface area contributed by atoms with Gasteiger partial charge in [0.2, 0.25) is 0 Å². The van der Waals surface area contributed by atoms with Crippen molar-refractivity contribution in [1.29, 1.82) is 0 Å². The zero-order chi connectivity index (χ0) is 14.0. The molecule has 2 amide bonds. The van der Waals surface area contributed by atoms with E-state index in [0.717, 1.165) is 12.8 Å². The van der Waals surface area contributed by atoms with E-state index in [2.05, 4.69) is 5.32 Å². The molecule has 0 saturated carbocycles. The number of carboxylic acid groups (broad SMARTS) is 1. The summed E-state index contributed by atoms with van der Waals surface area (Å²) in [5.74, 6) is -0.793. The van der Waals surface area contributed by atoms with Crippen LogP contribution in [0.15, 0.2) is 0 Å². The number of carbonyl (C=O) groups is 2. The molecule has 3 unspecified atom stereocenters. The number of rotatable bonds is 4. The third kappa shape index (κ3) is 3.59. The van der Waals surface area contributed by atoms with Crippen molar-refractivity contribution in [2.24, 2.45) is 5.92 Å². The van der Waals surface area contributed by atoms with Crippen molar-refractivity contribution in [3.8, 4) is 0 Å². The predicted molar refractivity (Wildman–Crippen MR) is 68.9 cm³/mol. The maximum atomic E-state index is 12.2. The third-order valence-corrected chi connectivity index (χ3v) is 3.84. The van der Waals surface area contributed by atoms with Crippen LogP contribution in [0.25, 0.3) is 0 Å². The molecule has 108 valence electrons. The first-order valence-electron chi connectivity index (χ1n) is 6.88. The number of amides is 2. The van der Waals surface area contributed by atoms with Gasteiger partial charge in [0, 0.05) is 19.1 Å². The molecule has 2 aliphatic heterocycles. The van der Waals surface area contributed by atoms with E-state index in [9.17, 15) is 9.59 Å². The second-order valence-corrected chi connectivity index (χ2v) is 5.76.